The Labute approximate surface area is 378 Å². The third-order valence-electron chi connectivity index (χ3n) is 14.5. The second kappa shape index (κ2) is 13.2. The van der Waals surface area contributed by atoms with Crippen molar-refractivity contribution in [2.24, 2.45) is 0 Å². The number of hydrogen-bond acceptors (Lipinski definition) is 3. The molecule has 0 saturated carbocycles. The molecule has 0 fully saturated rings. The van der Waals surface area contributed by atoms with E-state index in [0.29, 0.717) is 0 Å². The Morgan fingerprint density at radius 3 is 1.48 bits per heavy atom. The molecular formula is C63H36O3. The maximum Gasteiger partial charge on any atom is 0.143 e. The normalized spacial score (nSPS) is 13.3. The van der Waals surface area contributed by atoms with Crippen molar-refractivity contribution in [1.82, 2.24) is 0 Å². The van der Waals surface area contributed by atoms with Crippen LogP contribution in [0.1, 0.15) is 22.3 Å². The smallest absolute Gasteiger partial charge is 0.143 e. The van der Waals surface area contributed by atoms with Crippen molar-refractivity contribution < 1.29 is 13.3 Å². The summed E-state index contributed by atoms with van der Waals surface area (Å²) in [6, 6.07) is 78.9. The lowest BCUT2D eigenvalue weighted by Crippen LogP contribution is -2.28. The molecule has 1 aliphatic rings. The van der Waals surface area contributed by atoms with Crippen molar-refractivity contribution in [2.45, 2.75) is 5.41 Å². The third-order valence-corrected chi connectivity index (χ3v) is 14.5. The molecule has 15 rings (SSSR count). The van der Waals surface area contributed by atoms with Crippen LogP contribution in [-0.2, 0) is 5.41 Å². The Morgan fingerprint density at radius 1 is 0.273 bits per heavy atom. The molecule has 0 atom stereocenters. The van der Waals surface area contributed by atoms with Gasteiger partial charge in [0.15, 0.2) is 0 Å². The van der Waals surface area contributed by atoms with Crippen molar-refractivity contribution in [3.05, 3.63) is 241 Å². The fraction of sp³-hybridized carbons (Fsp3) is 0.0159. The van der Waals surface area contributed by atoms with Crippen molar-refractivity contribution in [3.8, 4) is 33.4 Å². The molecule has 3 aromatic heterocycles. The van der Waals surface area contributed by atoms with Gasteiger partial charge in [-0.25, -0.2) is 0 Å². The van der Waals surface area contributed by atoms with Crippen LogP contribution in [0.15, 0.2) is 232 Å². The molecule has 1 aliphatic carbocycles. The molecule has 11 aromatic carbocycles. The van der Waals surface area contributed by atoms with Crippen LogP contribution < -0.4 is 0 Å². The Balaban J connectivity index is 0.980. The van der Waals surface area contributed by atoms with Crippen molar-refractivity contribution >= 4 is 87.4 Å². The largest absolute Gasteiger partial charge is 0.456 e. The quantitative estimate of drug-likeness (QED) is 0.166. The number of rotatable bonds is 4. The number of benzene rings is 11. The topological polar surface area (TPSA) is 39.4 Å². The second-order valence-corrected chi connectivity index (χ2v) is 17.7. The van der Waals surface area contributed by atoms with Gasteiger partial charge in [-0.3, -0.25) is 0 Å². The van der Waals surface area contributed by atoms with E-state index in [1.807, 2.05) is 24.3 Å². The van der Waals surface area contributed by atoms with E-state index < -0.39 is 5.41 Å². The van der Waals surface area contributed by atoms with Crippen LogP contribution in [0, 0.1) is 0 Å². The van der Waals surface area contributed by atoms with E-state index >= 15 is 0 Å². The maximum atomic E-state index is 7.18. The lowest BCUT2D eigenvalue weighted by atomic mass is 9.67. The molecule has 0 radical (unpaired) electrons. The highest BCUT2D eigenvalue weighted by molar-refractivity contribution is 6.28. The van der Waals surface area contributed by atoms with Crippen LogP contribution in [0.25, 0.3) is 121 Å². The van der Waals surface area contributed by atoms with Gasteiger partial charge in [-0.05, 0) is 102 Å². The van der Waals surface area contributed by atoms with E-state index in [9.17, 15) is 0 Å². The van der Waals surface area contributed by atoms with Gasteiger partial charge in [0.25, 0.3) is 0 Å². The molecule has 0 unspecified atom stereocenters. The van der Waals surface area contributed by atoms with E-state index in [1.54, 1.807) is 0 Å². The summed E-state index contributed by atoms with van der Waals surface area (Å²) in [5, 5.41) is 11.3. The number of hydrogen-bond donors (Lipinski definition) is 0. The van der Waals surface area contributed by atoms with Gasteiger partial charge in [0.05, 0.1) is 5.41 Å². The molecule has 3 heterocycles. The Hall–Kier alpha value is -8.66. The van der Waals surface area contributed by atoms with Crippen LogP contribution >= 0.6 is 0 Å². The highest BCUT2D eigenvalue weighted by Gasteiger charge is 2.47. The molecule has 3 heteroatoms. The molecule has 0 spiro atoms. The minimum absolute atomic E-state index is 0.503. The zero-order chi connectivity index (χ0) is 43.1. The highest BCUT2D eigenvalue weighted by Crippen LogP contribution is 2.59. The van der Waals surface area contributed by atoms with Gasteiger partial charge in [0.1, 0.15) is 33.5 Å². The minimum atomic E-state index is -0.503. The summed E-state index contributed by atoms with van der Waals surface area (Å²) in [6.45, 7) is 0. The summed E-state index contributed by atoms with van der Waals surface area (Å²) < 4.78 is 20.2. The van der Waals surface area contributed by atoms with E-state index in [1.165, 1.54) is 49.7 Å². The van der Waals surface area contributed by atoms with E-state index in [0.717, 1.165) is 93.3 Å². The molecule has 0 amide bonds. The Morgan fingerprint density at radius 2 is 0.788 bits per heavy atom. The molecule has 0 bridgehead atoms. The van der Waals surface area contributed by atoms with E-state index in [4.69, 9.17) is 13.3 Å². The third kappa shape index (κ3) is 4.61. The summed E-state index contributed by atoms with van der Waals surface area (Å²) in [7, 11) is 0. The van der Waals surface area contributed by atoms with E-state index in [2.05, 4.69) is 194 Å². The molecule has 306 valence electrons. The Bertz CT molecular complexity index is 4240. The van der Waals surface area contributed by atoms with E-state index in [-0.39, 0.29) is 0 Å². The average Bonchev–Trinajstić information content (AvgIpc) is 4.14. The lowest BCUT2D eigenvalue weighted by molar-refractivity contribution is 0.663. The second-order valence-electron chi connectivity index (χ2n) is 17.7. The average molecular weight is 841 g/mol. The summed E-state index contributed by atoms with van der Waals surface area (Å²) >= 11 is 0. The first kappa shape index (κ1) is 35.8. The minimum Gasteiger partial charge on any atom is -0.456 e. The first-order valence-electron chi connectivity index (χ1n) is 22.7. The van der Waals surface area contributed by atoms with Gasteiger partial charge in [0.2, 0.25) is 0 Å². The fourth-order valence-corrected chi connectivity index (χ4v) is 12.0. The van der Waals surface area contributed by atoms with Gasteiger partial charge in [-0.1, -0.05) is 182 Å². The molecular weight excluding hydrogens is 805 g/mol. The zero-order valence-corrected chi connectivity index (χ0v) is 35.5. The van der Waals surface area contributed by atoms with Crippen molar-refractivity contribution in [3.63, 3.8) is 0 Å². The fourth-order valence-electron chi connectivity index (χ4n) is 12.0. The molecule has 0 aliphatic heterocycles. The SMILES string of the molecule is c1ccc(C2(c3ccccc3)c3ccccc3-c3c2ccc2oc4c(-c5c6ccccc6c(-c6ccc7c(c6)oc6ccc8oc9ccccc9c8c67)c6ccccc56)cccc4c32)cc1. The molecule has 3 nitrogen and oxygen atoms in total. The Kier molecular flexibility index (Phi) is 7.15. The first-order valence-corrected chi connectivity index (χ1v) is 22.7. The predicted octanol–water partition coefficient (Wildman–Crippen LogP) is 17.4. The van der Waals surface area contributed by atoms with Gasteiger partial charge < -0.3 is 13.3 Å². The number of fused-ring (bicyclic) bond motifs is 16. The van der Waals surface area contributed by atoms with Crippen LogP contribution in [0.3, 0.4) is 0 Å². The van der Waals surface area contributed by atoms with Crippen LogP contribution in [0.2, 0.25) is 0 Å². The maximum absolute atomic E-state index is 7.18. The molecule has 66 heavy (non-hydrogen) atoms. The monoisotopic (exact) mass is 840 g/mol. The predicted molar refractivity (Wildman–Crippen MR) is 271 cm³/mol. The van der Waals surface area contributed by atoms with Crippen LogP contribution in [-0.4, -0.2) is 0 Å². The zero-order valence-electron chi connectivity index (χ0n) is 35.5. The van der Waals surface area contributed by atoms with Crippen LogP contribution in [0.5, 0.6) is 0 Å². The molecule has 14 aromatic rings. The lowest BCUT2D eigenvalue weighted by Gasteiger charge is -2.33. The van der Waals surface area contributed by atoms with Gasteiger partial charge in [-0.15, -0.1) is 0 Å². The summed E-state index contributed by atoms with van der Waals surface area (Å²) in [5.74, 6) is 0. The summed E-state index contributed by atoms with van der Waals surface area (Å²) in [5.41, 5.74) is 16.7. The van der Waals surface area contributed by atoms with Gasteiger partial charge >= 0.3 is 0 Å². The van der Waals surface area contributed by atoms with Crippen molar-refractivity contribution in [2.75, 3.05) is 0 Å². The summed E-state index contributed by atoms with van der Waals surface area (Å²) in [6.07, 6.45) is 0. The van der Waals surface area contributed by atoms with Crippen molar-refractivity contribution in [1.29, 1.82) is 0 Å². The first-order chi connectivity index (χ1) is 32.8. The molecule has 0 saturated heterocycles. The summed E-state index contributed by atoms with van der Waals surface area (Å²) in [4.78, 5) is 0. The standard InChI is InChI=1S/C63H36O3/c1-3-16-38(17-4-1)63(39-18-5-2-6-19-39)49-28-13-11-24-44(49)58-50(63)32-33-54-61(58)48-27-15-26-47(62(48)66-54)57-42-22-9-7-20-40(42)56(41-21-8-10-23-43(41)57)37-30-31-46-55(36-37)65-53-35-34-52-59(60(46)53)45-25-12-14-29-51(45)64-52/h1-36H. The van der Waals surface area contributed by atoms with Crippen LogP contribution in [0.4, 0.5) is 0 Å². The molecule has 0 N–H and O–H groups in total. The number of para-hydroxylation sites is 2. The number of furan rings is 3. The van der Waals surface area contributed by atoms with Gasteiger partial charge in [-0.2, -0.15) is 0 Å². The van der Waals surface area contributed by atoms with Gasteiger partial charge in [0, 0.05) is 43.4 Å². The highest BCUT2D eigenvalue weighted by atomic mass is 16.3.